The van der Waals surface area contributed by atoms with Gasteiger partial charge in [-0.25, -0.2) is 4.68 Å². The van der Waals surface area contributed by atoms with E-state index in [4.69, 9.17) is 11.6 Å². The SMILES string of the molecule is Cc1nn(C(=O)c2ccc(Cl)cc2)c2c1C1C(C2)C1(C)C. The summed E-state index contributed by atoms with van der Waals surface area (Å²) in [5.41, 5.74) is 4.43. The van der Waals surface area contributed by atoms with E-state index in [9.17, 15) is 4.79 Å². The summed E-state index contributed by atoms with van der Waals surface area (Å²) in [6, 6.07) is 7.00. The molecule has 2 atom stereocenters. The first-order valence-electron chi connectivity index (χ1n) is 7.30. The fraction of sp³-hybridized carbons (Fsp3) is 0.412. The summed E-state index contributed by atoms with van der Waals surface area (Å²) < 4.78 is 1.61. The van der Waals surface area contributed by atoms with Gasteiger partial charge >= 0.3 is 0 Å². The van der Waals surface area contributed by atoms with E-state index < -0.39 is 0 Å². The minimum absolute atomic E-state index is 0.0601. The third-order valence-corrected chi connectivity index (χ3v) is 5.52. The number of benzene rings is 1. The quantitative estimate of drug-likeness (QED) is 0.802. The fourth-order valence-electron chi connectivity index (χ4n) is 3.98. The Hall–Kier alpha value is -1.61. The molecule has 1 saturated carbocycles. The van der Waals surface area contributed by atoms with Crippen LogP contribution in [0.5, 0.6) is 0 Å². The van der Waals surface area contributed by atoms with Crippen molar-refractivity contribution >= 4 is 17.5 Å². The molecule has 0 spiro atoms. The molecule has 2 unspecified atom stereocenters. The first-order valence-corrected chi connectivity index (χ1v) is 7.67. The van der Waals surface area contributed by atoms with Crippen LogP contribution in [0.1, 0.15) is 47.1 Å². The lowest BCUT2D eigenvalue weighted by atomic mass is 9.98. The number of nitrogens with zero attached hydrogens (tertiary/aromatic N) is 2. The van der Waals surface area contributed by atoms with Crippen LogP contribution in [0.4, 0.5) is 0 Å². The summed E-state index contributed by atoms with van der Waals surface area (Å²) in [4.78, 5) is 12.7. The molecule has 4 heteroatoms. The first kappa shape index (κ1) is 13.1. The van der Waals surface area contributed by atoms with Crippen LogP contribution in [0.2, 0.25) is 5.02 Å². The number of rotatable bonds is 1. The van der Waals surface area contributed by atoms with Crippen molar-refractivity contribution in [2.24, 2.45) is 11.3 Å². The smallest absolute Gasteiger partial charge is 0.267 e. The van der Waals surface area contributed by atoms with Gasteiger partial charge in [0.15, 0.2) is 0 Å². The molecule has 2 aliphatic rings. The van der Waals surface area contributed by atoms with Gasteiger partial charge in [-0.1, -0.05) is 25.4 Å². The number of hydrogen-bond donors (Lipinski definition) is 0. The number of fused-ring (bicyclic) bond motifs is 3. The summed E-state index contributed by atoms with van der Waals surface area (Å²) in [5, 5.41) is 5.14. The molecule has 0 saturated heterocycles. The lowest BCUT2D eigenvalue weighted by Crippen LogP contribution is -2.17. The maximum absolute atomic E-state index is 12.7. The molecule has 1 aromatic heterocycles. The molecule has 21 heavy (non-hydrogen) atoms. The highest BCUT2D eigenvalue weighted by atomic mass is 35.5. The van der Waals surface area contributed by atoms with Gasteiger partial charge in [0.25, 0.3) is 5.91 Å². The molecule has 3 nitrogen and oxygen atoms in total. The Bertz CT molecular complexity index is 758. The summed E-state index contributed by atoms with van der Waals surface area (Å²) in [6.45, 7) is 6.63. The largest absolute Gasteiger partial charge is 0.278 e. The van der Waals surface area contributed by atoms with Gasteiger partial charge in [0, 0.05) is 16.1 Å². The summed E-state index contributed by atoms with van der Waals surface area (Å²) in [6.07, 6.45) is 0.965. The Morgan fingerprint density at radius 3 is 2.67 bits per heavy atom. The van der Waals surface area contributed by atoms with Gasteiger partial charge < -0.3 is 0 Å². The average Bonchev–Trinajstić information content (AvgIpc) is 2.82. The van der Waals surface area contributed by atoms with Crippen LogP contribution in [-0.2, 0) is 6.42 Å². The molecular formula is C17H17ClN2O. The molecule has 0 aliphatic heterocycles. The van der Waals surface area contributed by atoms with Crippen LogP contribution in [0.15, 0.2) is 24.3 Å². The zero-order chi connectivity index (χ0) is 14.9. The van der Waals surface area contributed by atoms with Gasteiger partial charge in [0.2, 0.25) is 0 Å². The normalized spacial score (nSPS) is 24.6. The van der Waals surface area contributed by atoms with Crippen LogP contribution in [0, 0.1) is 18.3 Å². The van der Waals surface area contributed by atoms with Crippen molar-refractivity contribution in [2.45, 2.75) is 33.1 Å². The summed E-state index contributed by atoms with van der Waals surface area (Å²) in [5.74, 6) is 1.20. The van der Waals surface area contributed by atoms with Crippen molar-refractivity contribution in [1.82, 2.24) is 9.78 Å². The second-order valence-corrected chi connectivity index (χ2v) is 7.22. The van der Waals surface area contributed by atoms with Crippen LogP contribution >= 0.6 is 11.6 Å². The van der Waals surface area contributed by atoms with Crippen LogP contribution in [0.25, 0.3) is 0 Å². The highest BCUT2D eigenvalue weighted by molar-refractivity contribution is 6.30. The minimum Gasteiger partial charge on any atom is -0.267 e. The topological polar surface area (TPSA) is 34.9 Å². The van der Waals surface area contributed by atoms with E-state index in [1.807, 2.05) is 6.92 Å². The van der Waals surface area contributed by atoms with Gasteiger partial charge in [-0.2, -0.15) is 5.10 Å². The number of hydrogen-bond acceptors (Lipinski definition) is 2. The lowest BCUT2D eigenvalue weighted by Gasteiger charge is -2.10. The molecule has 108 valence electrons. The van der Waals surface area contributed by atoms with Crippen molar-refractivity contribution in [3.63, 3.8) is 0 Å². The van der Waals surface area contributed by atoms with E-state index >= 15 is 0 Å². The maximum Gasteiger partial charge on any atom is 0.278 e. The van der Waals surface area contributed by atoms with Crippen molar-refractivity contribution in [1.29, 1.82) is 0 Å². The summed E-state index contributed by atoms with van der Waals surface area (Å²) >= 11 is 5.88. The molecule has 0 N–H and O–H groups in total. The molecule has 0 amide bonds. The molecule has 4 rings (SSSR count). The molecule has 2 aromatic rings. The van der Waals surface area contributed by atoms with Gasteiger partial charge in [-0.3, -0.25) is 4.79 Å². The Kier molecular flexibility index (Phi) is 2.48. The van der Waals surface area contributed by atoms with Gasteiger partial charge in [-0.05, 0) is 54.9 Å². The standard InChI is InChI=1S/C17H17ClN2O/c1-9-14-13(8-12-15(14)17(12,2)3)20(19-9)16(21)10-4-6-11(18)7-5-10/h4-7,12,15H,8H2,1-3H3. The highest BCUT2D eigenvalue weighted by Gasteiger charge is 2.64. The Labute approximate surface area is 128 Å². The average molecular weight is 301 g/mol. The molecule has 1 aromatic carbocycles. The third-order valence-electron chi connectivity index (χ3n) is 5.26. The van der Waals surface area contributed by atoms with Crippen molar-refractivity contribution in [2.75, 3.05) is 0 Å². The maximum atomic E-state index is 12.7. The van der Waals surface area contributed by atoms with Crippen molar-refractivity contribution in [3.8, 4) is 0 Å². The van der Waals surface area contributed by atoms with Crippen molar-refractivity contribution in [3.05, 3.63) is 51.8 Å². The van der Waals surface area contributed by atoms with Crippen LogP contribution < -0.4 is 0 Å². The van der Waals surface area contributed by atoms with Crippen LogP contribution in [-0.4, -0.2) is 15.7 Å². The van der Waals surface area contributed by atoms with E-state index in [1.54, 1.807) is 28.9 Å². The highest BCUT2D eigenvalue weighted by Crippen LogP contribution is 2.70. The van der Waals surface area contributed by atoms with E-state index in [-0.39, 0.29) is 5.91 Å². The summed E-state index contributed by atoms with van der Waals surface area (Å²) in [7, 11) is 0. The van der Waals surface area contributed by atoms with Gasteiger partial charge in [0.1, 0.15) is 0 Å². The number of carbonyl (C=O) groups excluding carboxylic acids is 1. The van der Waals surface area contributed by atoms with E-state index in [0.29, 0.717) is 27.8 Å². The van der Waals surface area contributed by atoms with Crippen LogP contribution in [0.3, 0.4) is 0 Å². The molecule has 0 bridgehead atoms. The third kappa shape index (κ3) is 1.67. The van der Waals surface area contributed by atoms with E-state index in [0.717, 1.165) is 17.8 Å². The fourth-order valence-corrected chi connectivity index (χ4v) is 4.10. The number of aromatic nitrogens is 2. The van der Waals surface area contributed by atoms with Crippen molar-refractivity contribution < 1.29 is 4.79 Å². The lowest BCUT2D eigenvalue weighted by molar-refractivity contribution is 0.0941. The predicted octanol–water partition coefficient (Wildman–Crippen LogP) is 3.83. The first-order chi connectivity index (χ1) is 9.91. The van der Waals surface area contributed by atoms with E-state index in [1.165, 1.54) is 5.56 Å². The van der Waals surface area contributed by atoms with Gasteiger partial charge in [-0.15, -0.1) is 0 Å². The zero-order valence-electron chi connectivity index (χ0n) is 12.4. The number of aryl methyl sites for hydroxylation is 1. The number of carbonyl (C=O) groups is 1. The second-order valence-electron chi connectivity index (χ2n) is 6.78. The minimum atomic E-state index is -0.0601. The predicted molar refractivity (Wildman–Crippen MR) is 81.9 cm³/mol. The monoisotopic (exact) mass is 300 g/mol. The molecule has 1 fully saturated rings. The molecular weight excluding hydrogens is 284 g/mol. The Morgan fingerprint density at radius 2 is 2.00 bits per heavy atom. The second kappa shape index (κ2) is 3.98. The van der Waals surface area contributed by atoms with E-state index in [2.05, 4.69) is 18.9 Å². The Morgan fingerprint density at radius 1 is 1.33 bits per heavy atom. The molecule has 2 aliphatic carbocycles. The van der Waals surface area contributed by atoms with Gasteiger partial charge in [0.05, 0.1) is 11.4 Å². The Balaban J connectivity index is 1.75. The molecule has 0 radical (unpaired) electrons. The zero-order valence-corrected chi connectivity index (χ0v) is 13.1. The number of halogens is 1. The molecule has 1 heterocycles.